The highest BCUT2D eigenvalue weighted by molar-refractivity contribution is 14.1. The van der Waals surface area contributed by atoms with Crippen molar-refractivity contribution in [2.24, 2.45) is 5.92 Å². The van der Waals surface area contributed by atoms with Crippen molar-refractivity contribution in [1.82, 2.24) is 14.4 Å². The number of imidazole rings is 1. The zero-order valence-corrected chi connectivity index (χ0v) is 14.7. The average molecular weight is 411 g/mol. The van der Waals surface area contributed by atoms with E-state index < -0.39 is 0 Å². The molecule has 4 fully saturated rings. The van der Waals surface area contributed by atoms with Crippen LogP contribution in [0.2, 0.25) is 0 Å². The molecule has 2 aliphatic carbocycles. The third kappa shape index (κ3) is 1.99. The Morgan fingerprint density at radius 3 is 2.86 bits per heavy atom. The predicted octanol–water partition coefficient (Wildman–Crippen LogP) is 2.94. The van der Waals surface area contributed by atoms with E-state index in [-0.39, 0.29) is 11.0 Å². The summed E-state index contributed by atoms with van der Waals surface area (Å²) in [6, 6.07) is 0. The maximum Gasteiger partial charge on any atom is 0.237 e. The summed E-state index contributed by atoms with van der Waals surface area (Å²) in [6.45, 7) is 3.76. The van der Waals surface area contributed by atoms with Crippen molar-refractivity contribution in [1.29, 1.82) is 0 Å². The maximum atomic E-state index is 5.89. The average Bonchev–Trinajstić information content (AvgIpc) is 2.96. The molecule has 2 bridgehead atoms. The van der Waals surface area contributed by atoms with Gasteiger partial charge in [0.2, 0.25) is 11.7 Å². The fourth-order valence-corrected chi connectivity index (χ4v) is 4.45. The molecule has 2 aliphatic heterocycles. The van der Waals surface area contributed by atoms with E-state index in [2.05, 4.69) is 46.9 Å². The van der Waals surface area contributed by atoms with Crippen molar-refractivity contribution in [3.05, 3.63) is 21.7 Å². The van der Waals surface area contributed by atoms with E-state index in [4.69, 9.17) is 14.5 Å². The Hall–Kier alpha value is -0.890. The lowest BCUT2D eigenvalue weighted by molar-refractivity contribution is 0.0154. The van der Waals surface area contributed by atoms with E-state index in [1.165, 1.54) is 12.8 Å². The van der Waals surface area contributed by atoms with E-state index in [0.29, 0.717) is 0 Å². The number of ether oxygens (including phenoxy) is 2. The number of aromatic nitrogens is 3. The van der Waals surface area contributed by atoms with Crippen LogP contribution in [0.15, 0.2) is 12.4 Å². The molecule has 0 radical (unpaired) electrons. The van der Waals surface area contributed by atoms with Crippen LogP contribution in [0.5, 0.6) is 5.88 Å². The minimum Gasteiger partial charge on any atom is -0.476 e. The molecule has 2 aromatic rings. The van der Waals surface area contributed by atoms with E-state index >= 15 is 0 Å². The molecule has 0 spiro atoms. The molecule has 0 amide bonds. The Morgan fingerprint density at radius 1 is 1.36 bits per heavy atom. The number of halogens is 1. The van der Waals surface area contributed by atoms with E-state index in [1.807, 2.05) is 4.40 Å². The fourth-order valence-electron chi connectivity index (χ4n) is 3.87. The Bertz CT molecular complexity index is 762. The smallest absolute Gasteiger partial charge is 0.237 e. The SMILES string of the molecule is CC12CC(c3cn4cc(I)c(OCC5CC5)nc4n3)(CO1)C2. The molecule has 6 heteroatoms. The van der Waals surface area contributed by atoms with Crippen LogP contribution in [0.25, 0.3) is 5.78 Å². The molecule has 0 N–H and O–H groups in total. The second kappa shape index (κ2) is 4.35. The van der Waals surface area contributed by atoms with E-state index in [9.17, 15) is 0 Å². The Labute approximate surface area is 142 Å². The molecule has 4 aliphatic rings. The summed E-state index contributed by atoms with van der Waals surface area (Å²) < 4.78 is 14.8. The molecule has 0 atom stereocenters. The lowest BCUT2D eigenvalue weighted by atomic mass is 9.62. The number of hydrogen-bond acceptors (Lipinski definition) is 4. The second-order valence-electron chi connectivity index (χ2n) is 7.35. The monoisotopic (exact) mass is 411 g/mol. The van der Waals surface area contributed by atoms with Gasteiger partial charge >= 0.3 is 0 Å². The third-order valence-electron chi connectivity index (χ3n) is 5.19. The molecule has 2 saturated heterocycles. The first kappa shape index (κ1) is 13.5. The summed E-state index contributed by atoms with van der Waals surface area (Å²) in [7, 11) is 0. The van der Waals surface area contributed by atoms with Crippen LogP contribution in [0.3, 0.4) is 0 Å². The number of rotatable bonds is 4. The molecule has 0 unspecified atom stereocenters. The predicted molar refractivity (Wildman–Crippen MR) is 89.2 cm³/mol. The molecule has 6 rings (SSSR count). The van der Waals surface area contributed by atoms with Gasteiger partial charge in [-0.05, 0) is 61.1 Å². The maximum absolute atomic E-state index is 5.89. The van der Waals surface area contributed by atoms with Gasteiger partial charge in [0, 0.05) is 17.8 Å². The first-order valence-electron chi connectivity index (χ1n) is 7.88. The Kier molecular flexibility index (Phi) is 2.67. The summed E-state index contributed by atoms with van der Waals surface area (Å²) in [5.74, 6) is 2.18. The van der Waals surface area contributed by atoms with Crippen LogP contribution in [0.1, 0.15) is 38.3 Å². The highest BCUT2D eigenvalue weighted by atomic mass is 127. The van der Waals surface area contributed by atoms with Crippen LogP contribution in [-0.4, -0.2) is 33.2 Å². The lowest BCUT2D eigenvalue weighted by Crippen LogP contribution is -2.45. The first-order valence-corrected chi connectivity index (χ1v) is 8.96. The highest BCUT2D eigenvalue weighted by Crippen LogP contribution is 2.58. The van der Waals surface area contributed by atoms with Gasteiger partial charge in [0.05, 0.1) is 28.1 Å². The third-order valence-corrected chi connectivity index (χ3v) is 5.93. The largest absolute Gasteiger partial charge is 0.476 e. The summed E-state index contributed by atoms with van der Waals surface area (Å²) in [5, 5.41) is 0. The summed E-state index contributed by atoms with van der Waals surface area (Å²) in [6.07, 6.45) is 8.90. The molecule has 4 heterocycles. The van der Waals surface area contributed by atoms with Gasteiger partial charge in [0.25, 0.3) is 0 Å². The minimum atomic E-state index is 0.0796. The molecule has 2 saturated carbocycles. The molecule has 5 nitrogen and oxygen atoms in total. The molecule has 22 heavy (non-hydrogen) atoms. The van der Waals surface area contributed by atoms with Crippen molar-refractivity contribution in [2.45, 2.75) is 43.6 Å². The van der Waals surface area contributed by atoms with Gasteiger partial charge in [-0.25, -0.2) is 4.98 Å². The quantitative estimate of drug-likeness (QED) is 0.727. The van der Waals surface area contributed by atoms with Gasteiger partial charge in [-0.15, -0.1) is 0 Å². The zero-order valence-electron chi connectivity index (χ0n) is 12.5. The Balaban J connectivity index is 1.48. The summed E-state index contributed by atoms with van der Waals surface area (Å²) >= 11 is 2.29. The topological polar surface area (TPSA) is 48.7 Å². The van der Waals surface area contributed by atoms with E-state index in [0.717, 1.165) is 52.9 Å². The van der Waals surface area contributed by atoms with Gasteiger partial charge in [-0.3, -0.25) is 4.40 Å². The van der Waals surface area contributed by atoms with Crippen molar-refractivity contribution in [2.75, 3.05) is 13.2 Å². The van der Waals surface area contributed by atoms with Gasteiger partial charge in [0.15, 0.2) is 0 Å². The highest BCUT2D eigenvalue weighted by Gasteiger charge is 2.61. The van der Waals surface area contributed by atoms with Crippen LogP contribution in [0.4, 0.5) is 0 Å². The second-order valence-corrected chi connectivity index (χ2v) is 8.52. The van der Waals surface area contributed by atoms with Crippen molar-refractivity contribution in [3.8, 4) is 5.88 Å². The standard InChI is InChI=1S/C16H18IN3O2/c1-15-7-16(8-15,9-22-15)12-5-20-4-11(17)13(19-14(20)18-12)21-6-10-2-3-10/h4-5,10H,2-3,6-9H2,1H3. The van der Waals surface area contributed by atoms with Gasteiger partial charge in [-0.2, -0.15) is 4.98 Å². The van der Waals surface area contributed by atoms with Crippen LogP contribution < -0.4 is 4.74 Å². The normalized spacial score (nSPS) is 33.2. The van der Waals surface area contributed by atoms with Crippen molar-refractivity contribution < 1.29 is 9.47 Å². The van der Waals surface area contributed by atoms with Crippen LogP contribution in [0, 0.1) is 9.49 Å². The van der Waals surface area contributed by atoms with Gasteiger partial charge < -0.3 is 9.47 Å². The summed E-state index contributed by atoms with van der Waals surface area (Å²) in [5.41, 5.74) is 1.31. The number of nitrogens with zero attached hydrogens (tertiary/aromatic N) is 3. The van der Waals surface area contributed by atoms with Crippen LogP contribution in [-0.2, 0) is 10.2 Å². The minimum absolute atomic E-state index is 0.0796. The Morgan fingerprint density at radius 2 is 2.18 bits per heavy atom. The molecular formula is C16H18IN3O2. The van der Waals surface area contributed by atoms with Crippen molar-refractivity contribution >= 4 is 28.4 Å². The summed E-state index contributed by atoms with van der Waals surface area (Å²) in [4.78, 5) is 9.38. The molecule has 2 aromatic heterocycles. The lowest BCUT2D eigenvalue weighted by Gasteiger charge is -2.41. The number of hydrogen-bond donors (Lipinski definition) is 0. The van der Waals surface area contributed by atoms with Gasteiger partial charge in [-0.1, -0.05) is 0 Å². The van der Waals surface area contributed by atoms with Crippen LogP contribution >= 0.6 is 22.6 Å². The molecular weight excluding hydrogens is 393 g/mol. The first-order chi connectivity index (χ1) is 10.6. The number of fused-ring (bicyclic) bond motifs is 2. The zero-order chi connectivity index (χ0) is 14.9. The van der Waals surface area contributed by atoms with Crippen molar-refractivity contribution in [3.63, 3.8) is 0 Å². The molecule has 0 aromatic carbocycles. The molecule has 116 valence electrons. The fraction of sp³-hybridized carbons (Fsp3) is 0.625. The van der Waals surface area contributed by atoms with E-state index in [1.54, 1.807) is 0 Å². The van der Waals surface area contributed by atoms with Gasteiger partial charge in [0.1, 0.15) is 0 Å².